The second-order valence-electron chi connectivity index (χ2n) is 7.56. The van der Waals surface area contributed by atoms with Gasteiger partial charge in [0.2, 0.25) is 0 Å². The maximum Gasteiger partial charge on any atom is 0.343 e. The molecule has 0 aromatic heterocycles. The van der Waals surface area contributed by atoms with Gasteiger partial charge < -0.3 is 9.47 Å². The number of ether oxygens (including phenoxy) is 2. The Morgan fingerprint density at radius 2 is 1.76 bits per heavy atom. The van der Waals surface area contributed by atoms with E-state index in [0.29, 0.717) is 21.2 Å². The minimum Gasteiger partial charge on any atom is -0.496 e. The van der Waals surface area contributed by atoms with E-state index in [0.717, 1.165) is 6.07 Å². The molecule has 0 bridgehead atoms. The first-order valence-electron chi connectivity index (χ1n) is 10.2. The number of carbonyl (C=O) groups is 2. The van der Waals surface area contributed by atoms with Gasteiger partial charge in [-0.3, -0.25) is 4.90 Å². The van der Waals surface area contributed by atoms with Gasteiger partial charge in [0.1, 0.15) is 16.5 Å². The smallest absolute Gasteiger partial charge is 0.343 e. The molecule has 0 fully saturated rings. The van der Waals surface area contributed by atoms with E-state index in [1.54, 1.807) is 12.1 Å². The van der Waals surface area contributed by atoms with Crippen LogP contribution < -0.4 is 13.9 Å². The number of nitrogens with zero attached hydrogens (tertiary/aromatic N) is 2. The standard InChI is InChI=1S/C24H21FN2O6S/c1-15-8-10-18(13-19(15)25)27-24(29)26(20-6-4-5-7-22(20)34(27,30)31)14-17-12-16(23(28)33-3)9-11-21(17)32-2/h4-13H,14H2,1-3H3. The van der Waals surface area contributed by atoms with Crippen LogP contribution in [0.3, 0.4) is 0 Å². The Morgan fingerprint density at radius 3 is 2.44 bits per heavy atom. The molecular formula is C24H21FN2O6S. The van der Waals surface area contributed by atoms with Crippen LogP contribution in [0.15, 0.2) is 65.6 Å². The molecule has 3 aromatic carbocycles. The monoisotopic (exact) mass is 484 g/mol. The molecule has 0 saturated heterocycles. The number of amides is 2. The second kappa shape index (κ2) is 8.79. The van der Waals surface area contributed by atoms with E-state index >= 15 is 0 Å². The Morgan fingerprint density at radius 1 is 1.03 bits per heavy atom. The topological polar surface area (TPSA) is 93.2 Å². The lowest BCUT2D eigenvalue weighted by atomic mass is 10.1. The number of hydrogen-bond donors (Lipinski definition) is 0. The molecule has 0 atom stereocenters. The number of para-hydroxylation sites is 1. The summed E-state index contributed by atoms with van der Waals surface area (Å²) in [6, 6.07) is 13.5. The van der Waals surface area contributed by atoms with Crippen LogP contribution in [0.2, 0.25) is 0 Å². The molecule has 1 heterocycles. The number of hydrogen-bond acceptors (Lipinski definition) is 6. The Hall–Kier alpha value is -3.92. The molecule has 176 valence electrons. The lowest BCUT2D eigenvalue weighted by Gasteiger charge is -2.36. The zero-order valence-electron chi connectivity index (χ0n) is 18.6. The quantitative estimate of drug-likeness (QED) is 0.503. The normalized spacial score (nSPS) is 14.5. The number of rotatable bonds is 5. The van der Waals surface area contributed by atoms with Crippen LogP contribution in [0.5, 0.6) is 5.75 Å². The SMILES string of the molecule is COC(=O)c1ccc(OC)c(CN2C(=O)N(c3ccc(C)c(F)c3)S(=O)(=O)c3ccccc32)c1. The molecule has 8 nitrogen and oxygen atoms in total. The third kappa shape index (κ3) is 3.86. The van der Waals surface area contributed by atoms with Gasteiger partial charge in [-0.15, -0.1) is 0 Å². The molecule has 34 heavy (non-hydrogen) atoms. The van der Waals surface area contributed by atoms with E-state index in [9.17, 15) is 22.4 Å². The van der Waals surface area contributed by atoms with Gasteiger partial charge in [0.25, 0.3) is 10.0 Å². The summed E-state index contributed by atoms with van der Waals surface area (Å²) in [4.78, 5) is 26.8. The van der Waals surface area contributed by atoms with E-state index < -0.39 is 27.8 Å². The fourth-order valence-corrected chi connectivity index (χ4v) is 5.32. The minimum absolute atomic E-state index is 0.112. The zero-order valence-corrected chi connectivity index (χ0v) is 19.4. The summed E-state index contributed by atoms with van der Waals surface area (Å²) >= 11 is 0. The predicted octanol–water partition coefficient (Wildman–Crippen LogP) is 4.26. The van der Waals surface area contributed by atoms with Crippen molar-refractivity contribution in [3.8, 4) is 5.75 Å². The Kier molecular flexibility index (Phi) is 6.01. The summed E-state index contributed by atoms with van der Waals surface area (Å²) in [6.07, 6.45) is 0. The first kappa shape index (κ1) is 23.2. The van der Waals surface area contributed by atoms with E-state index in [1.807, 2.05) is 0 Å². The van der Waals surface area contributed by atoms with Crippen LogP contribution in [0, 0.1) is 12.7 Å². The molecule has 3 aromatic rings. The number of benzene rings is 3. The third-order valence-corrected chi connectivity index (χ3v) is 7.25. The van der Waals surface area contributed by atoms with Crippen molar-refractivity contribution in [2.45, 2.75) is 18.4 Å². The van der Waals surface area contributed by atoms with Gasteiger partial charge in [0, 0.05) is 5.56 Å². The molecule has 4 rings (SSSR count). The molecule has 0 aliphatic carbocycles. The lowest BCUT2D eigenvalue weighted by molar-refractivity contribution is 0.0600. The molecule has 10 heteroatoms. The van der Waals surface area contributed by atoms with Crippen LogP contribution in [-0.2, 0) is 21.3 Å². The number of esters is 1. The predicted molar refractivity (Wildman–Crippen MR) is 123 cm³/mol. The van der Waals surface area contributed by atoms with Crippen LogP contribution in [-0.4, -0.2) is 34.6 Å². The summed E-state index contributed by atoms with van der Waals surface area (Å²) in [5.41, 5.74) is 1.03. The zero-order chi connectivity index (χ0) is 24.6. The van der Waals surface area contributed by atoms with Crippen molar-refractivity contribution < 1.29 is 31.9 Å². The molecule has 0 spiro atoms. The number of sulfonamides is 1. The highest BCUT2D eigenvalue weighted by atomic mass is 32.2. The summed E-state index contributed by atoms with van der Waals surface area (Å²) < 4.78 is 51.8. The average Bonchev–Trinajstić information content (AvgIpc) is 2.83. The fourth-order valence-electron chi connectivity index (χ4n) is 3.74. The highest BCUT2D eigenvalue weighted by Gasteiger charge is 2.42. The van der Waals surface area contributed by atoms with Crippen LogP contribution in [0.4, 0.5) is 20.6 Å². The van der Waals surface area contributed by atoms with Gasteiger partial charge in [-0.2, -0.15) is 4.31 Å². The number of fused-ring (bicyclic) bond motifs is 1. The molecule has 1 aliphatic rings. The van der Waals surface area contributed by atoms with E-state index in [-0.39, 0.29) is 28.4 Å². The highest BCUT2D eigenvalue weighted by molar-refractivity contribution is 7.94. The summed E-state index contributed by atoms with van der Waals surface area (Å²) in [5.74, 6) is -0.828. The number of aryl methyl sites for hydroxylation is 1. The molecule has 0 unspecified atom stereocenters. The Balaban J connectivity index is 1.87. The van der Waals surface area contributed by atoms with Crippen molar-refractivity contribution >= 4 is 33.4 Å². The van der Waals surface area contributed by atoms with Crippen LogP contribution in [0.25, 0.3) is 0 Å². The molecule has 0 saturated carbocycles. The number of halogens is 1. The average molecular weight is 485 g/mol. The summed E-state index contributed by atoms with van der Waals surface area (Å²) in [7, 11) is -1.62. The summed E-state index contributed by atoms with van der Waals surface area (Å²) in [6.45, 7) is 1.41. The maximum atomic E-state index is 14.3. The maximum absolute atomic E-state index is 14.3. The van der Waals surface area contributed by atoms with Gasteiger partial charge in [0.15, 0.2) is 0 Å². The molecule has 2 amide bonds. The van der Waals surface area contributed by atoms with Crippen LogP contribution >= 0.6 is 0 Å². The van der Waals surface area contributed by atoms with Crippen molar-refractivity contribution in [1.29, 1.82) is 0 Å². The lowest BCUT2D eigenvalue weighted by Crippen LogP contribution is -2.50. The van der Waals surface area contributed by atoms with Crippen molar-refractivity contribution in [2.24, 2.45) is 0 Å². The van der Waals surface area contributed by atoms with Gasteiger partial charge in [-0.05, 0) is 55.0 Å². The van der Waals surface area contributed by atoms with E-state index in [2.05, 4.69) is 0 Å². The van der Waals surface area contributed by atoms with E-state index in [4.69, 9.17) is 9.47 Å². The summed E-state index contributed by atoms with van der Waals surface area (Å²) in [5, 5.41) is 0. The van der Waals surface area contributed by atoms with Gasteiger partial charge in [0.05, 0.1) is 37.7 Å². The first-order valence-corrected chi connectivity index (χ1v) is 11.6. The highest BCUT2D eigenvalue weighted by Crippen LogP contribution is 2.39. The van der Waals surface area contributed by atoms with E-state index in [1.165, 1.54) is 68.5 Å². The Bertz CT molecular complexity index is 1410. The van der Waals surface area contributed by atoms with Crippen LogP contribution in [0.1, 0.15) is 21.5 Å². The number of anilines is 2. The van der Waals surface area contributed by atoms with Gasteiger partial charge >= 0.3 is 12.0 Å². The third-order valence-electron chi connectivity index (χ3n) is 5.50. The molecule has 1 aliphatic heterocycles. The first-order chi connectivity index (χ1) is 16.2. The molecule has 0 radical (unpaired) electrons. The molecular weight excluding hydrogens is 463 g/mol. The van der Waals surface area contributed by atoms with Crippen molar-refractivity contribution in [3.63, 3.8) is 0 Å². The number of urea groups is 1. The van der Waals surface area contributed by atoms with Gasteiger partial charge in [-0.1, -0.05) is 18.2 Å². The minimum atomic E-state index is -4.31. The second-order valence-corrected chi connectivity index (χ2v) is 9.31. The van der Waals surface area contributed by atoms with Gasteiger partial charge in [-0.25, -0.2) is 22.4 Å². The fraction of sp³-hybridized carbons (Fsp3) is 0.167. The Labute approximate surface area is 196 Å². The molecule has 0 N–H and O–H groups in total. The van der Waals surface area contributed by atoms with Crippen molar-refractivity contribution in [3.05, 3.63) is 83.2 Å². The largest absolute Gasteiger partial charge is 0.496 e. The number of carbonyl (C=O) groups excluding carboxylic acids is 2. The number of methoxy groups -OCH3 is 2. The van der Waals surface area contributed by atoms with Crippen molar-refractivity contribution in [1.82, 2.24) is 0 Å². The van der Waals surface area contributed by atoms with Crippen molar-refractivity contribution in [2.75, 3.05) is 23.4 Å².